The average molecular weight is 200 g/mol. The van der Waals surface area contributed by atoms with Crippen LogP contribution in [0.25, 0.3) is 0 Å². The standard InChI is InChI=1S/C9H16O3Si/c1-8-5-6-9(7-8)13(10-2,11-3)12-4/h5-7,9H,1-4H3. The largest absolute Gasteiger partial charge is 0.511 e. The summed E-state index contributed by atoms with van der Waals surface area (Å²) in [6.07, 6.45) is 6.24. The molecule has 1 unspecified atom stereocenters. The van der Waals surface area contributed by atoms with Crippen LogP contribution in [0.5, 0.6) is 0 Å². The van der Waals surface area contributed by atoms with E-state index in [1.165, 1.54) is 5.57 Å². The molecule has 0 aromatic rings. The van der Waals surface area contributed by atoms with Crippen molar-refractivity contribution in [1.29, 1.82) is 0 Å². The van der Waals surface area contributed by atoms with E-state index in [4.69, 9.17) is 13.3 Å². The number of allylic oxidation sites excluding steroid dienone is 4. The first kappa shape index (κ1) is 10.7. The first-order valence-electron chi connectivity index (χ1n) is 4.20. The topological polar surface area (TPSA) is 27.7 Å². The number of hydrogen-bond acceptors (Lipinski definition) is 3. The highest BCUT2D eigenvalue weighted by molar-refractivity contribution is 6.63. The molecular formula is C9H16O3Si. The second-order valence-electron chi connectivity index (χ2n) is 3.01. The molecule has 0 radical (unpaired) electrons. The van der Waals surface area contributed by atoms with Crippen LogP contribution in [-0.2, 0) is 13.3 Å². The van der Waals surface area contributed by atoms with Crippen LogP contribution in [0.1, 0.15) is 6.92 Å². The van der Waals surface area contributed by atoms with Crippen LogP contribution in [0.3, 0.4) is 0 Å². The molecule has 0 aliphatic heterocycles. The van der Waals surface area contributed by atoms with Crippen LogP contribution in [0.4, 0.5) is 0 Å². The van der Waals surface area contributed by atoms with Gasteiger partial charge in [0.2, 0.25) is 0 Å². The fraction of sp³-hybridized carbons (Fsp3) is 0.556. The van der Waals surface area contributed by atoms with E-state index in [0.717, 1.165) is 0 Å². The van der Waals surface area contributed by atoms with Gasteiger partial charge in [0.05, 0.1) is 5.54 Å². The van der Waals surface area contributed by atoms with Gasteiger partial charge in [-0.1, -0.05) is 23.8 Å². The Morgan fingerprint density at radius 3 is 2.00 bits per heavy atom. The van der Waals surface area contributed by atoms with Gasteiger partial charge < -0.3 is 13.3 Å². The summed E-state index contributed by atoms with van der Waals surface area (Å²) < 4.78 is 16.1. The lowest BCUT2D eigenvalue weighted by Crippen LogP contribution is -2.46. The molecule has 0 spiro atoms. The van der Waals surface area contributed by atoms with Crippen LogP contribution in [0.2, 0.25) is 5.54 Å². The van der Waals surface area contributed by atoms with Gasteiger partial charge in [-0.2, -0.15) is 0 Å². The molecular weight excluding hydrogens is 184 g/mol. The first-order valence-corrected chi connectivity index (χ1v) is 6.01. The van der Waals surface area contributed by atoms with E-state index in [-0.39, 0.29) is 5.54 Å². The van der Waals surface area contributed by atoms with Crippen molar-refractivity contribution in [1.82, 2.24) is 0 Å². The highest BCUT2D eigenvalue weighted by Crippen LogP contribution is 2.32. The van der Waals surface area contributed by atoms with E-state index < -0.39 is 8.80 Å². The third kappa shape index (κ3) is 1.91. The van der Waals surface area contributed by atoms with Gasteiger partial charge in [-0.15, -0.1) is 0 Å². The molecule has 4 heteroatoms. The minimum Gasteiger partial charge on any atom is -0.376 e. The van der Waals surface area contributed by atoms with Gasteiger partial charge in [0, 0.05) is 21.3 Å². The average Bonchev–Trinajstić information content (AvgIpc) is 2.57. The second-order valence-corrected chi connectivity index (χ2v) is 6.11. The minimum atomic E-state index is -2.49. The number of rotatable bonds is 4. The lowest BCUT2D eigenvalue weighted by Gasteiger charge is -2.27. The molecule has 1 rings (SSSR count). The SMILES string of the molecule is CO[Si](OC)(OC)C1C=CC(C)=C1. The Balaban J connectivity index is 2.83. The maximum atomic E-state index is 5.37. The summed E-state index contributed by atoms with van der Waals surface area (Å²) in [6.45, 7) is 2.05. The summed E-state index contributed by atoms with van der Waals surface area (Å²) in [5, 5.41) is 0. The Morgan fingerprint density at radius 1 is 1.15 bits per heavy atom. The molecule has 3 nitrogen and oxygen atoms in total. The Kier molecular flexibility index (Phi) is 3.44. The zero-order valence-electron chi connectivity index (χ0n) is 8.53. The van der Waals surface area contributed by atoms with Crippen molar-refractivity contribution in [2.75, 3.05) is 21.3 Å². The smallest absolute Gasteiger partial charge is 0.376 e. The molecule has 0 heterocycles. The zero-order valence-corrected chi connectivity index (χ0v) is 9.53. The van der Waals surface area contributed by atoms with E-state index in [1.807, 2.05) is 0 Å². The van der Waals surface area contributed by atoms with Crippen molar-refractivity contribution in [3.05, 3.63) is 23.8 Å². The van der Waals surface area contributed by atoms with Crippen molar-refractivity contribution >= 4 is 8.80 Å². The highest BCUT2D eigenvalue weighted by atomic mass is 28.4. The van der Waals surface area contributed by atoms with Gasteiger partial charge >= 0.3 is 8.80 Å². The molecule has 74 valence electrons. The molecule has 0 saturated carbocycles. The van der Waals surface area contributed by atoms with Crippen LogP contribution < -0.4 is 0 Å². The Bertz CT molecular complexity index is 223. The second kappa shape index (κ2) is 4.19. The Hall–Kier alpha value is -0.423. The van der Waals surface area contributed by atoms with Gasteiger partial charge in [0.25, 0.3) is 0 Å². The molecule has 0 amide bonds. The van der Waals surface area contributed by atoms with Gasteiger partial charge in [0.1, 0.15) is 0 Å². The molecule has 1 aliphatic carbocycles. The van der Waals surface area contributed by atoms with Gasteiger partial charge in [-0.25, -0.2) is 0 Å². The summed E-state index contributed by atoms with van der Waals surface area (Å²) in [5.74, 6) is 0. The van der Waals surface area contributed by atoms with Crippen LogP contribution >= 0.6 is 0 Å². The Labute approximate surface area is 80.4 Å². The molecule has 0 aromatic carbocycles. The minimum absolute atomic E-state index is 0.160. The molecule has 13 heavy (non-hydrogen) atoms. The molecule has 0 bridgehead atoms. The quantitative estimate of drug-likeness (QED) is 0.647. The molecule has 0 aromatic heterocycles. The summed E-state index contributed by atoms with van der Waals surface area (Å²) in [7, 11) is 2.41. The van der Waals surface area contributed by atoms with Gasteiger partial charge in [0.15, 0.2) is 0 Å². The predicted molar refractivity (Wildman–Crippen MR) is 53.4 cm³/mol. The zero-order chi connectivity index (χ0) is 9.90. The van der Waals surface area contributed by atoms with Crippen molar-refractivity contribution in [3.63, 3.8) is 0 Å². The lowest BCUT2D eigenvalue weighted by atomic mass is 10.3. The van der Waals surface area contributed by atoms with Gasteiger partial charge in [-0.05, 0) is 6.92 Å². The van der Waals surface area contributed by atoms with Crippen molar-refractivity contribution < 1.29 is 13.3 Å². The third-order valence-corrected chi connectivity index (χ3v) is 5.15. The van der Waals surface area contributed by atoms with E-state index in [1.54, 1.807) is 21.3 Å². The van der Waals surface area contributed by atoms with Crippen LogP contribution in [0, 0.1) is 0 Å². The van der Waals surface area contributed by atoms with E-state index in [9.17, 15) is 0 Å². The molecule has 0 fully saturated rings. The summed E-state index contributed by atoms with van der Waals surface area (Å²) in [4.78, 5) is 0. The fourth-order valence-electron chi connectivity index (χ4n) is 1.53. The lowest BCUT2D eigenvalue weighted by molar-refractivity contribution is 0.121. The van der Waals surface area contributed by atoms with Crippen molar-refractivity contribution in [2.24, 2.45) is 0 Å². The third-order valence-electron chi connectivity index (χ3n) is 2.27. The maximum Gasteiger partial charge on any atom is 0.511 e. The Morgan fingerprint density at radius 2 is 1.69 bits per heavy atom. The van der Waals surface area contributed by atoms with E-state index in [2.05, 4.69) is 25.2 Å². The van der Waals surface area contributed by atoms with Gasteiger partial charge in [-0.3, -0.25) is 0 Å². The monoisotopic (exact) mass is 200 g/mol. The van der Waals surface area contributed by atoms with Crippen molar-refractivity contribution in [2.45, 2.75) is 12.5 Å². The van der Waals surface area contributed by atoms with E-state index in [0.29, 0.717) is 0 Å². The maximum absolute atomic E-state index is 5.37. The first-order chi connectivity index (χ1) is 6.18. The van der Waals surface area contributed by atoms with Crippen LogP contribution in [-0.4, -0.2) is 30.1 Å². The fourth-order valence-corrected chi connectivity index (χ4v) is 3.64. The highest BCUT2D eigenvalue weighted by Gasteiger charge is 2.45. The number of hydrogen-bond donors (Lipinski definition) is 0. The van der Waals surface area contributed by atoms with Crippen LogP contribution in [0.15, 0.2) is 23.8 Å². The summed E-state index contributed by atoms with van der Waals surface area (Å²) in [6, 6.07) is 0. The summed E-state index contributed by atoms with van der Waals surface area (Å²) in [5.41, 5.74) is 1.39. The molecule has 1 atom stereocenters. The molecule has 0 saturated heterocycles. The van der Waals surface area contributed by atoms with E-state index >= 15 is 0 Å². The van der Waals surface area contributed by atoms with Crippen molar-refractivity contribution in [3.8, 4) is 0 Å². The summed E-state index contributed by atoms with van der Waals surface area (Å²) >= 11 is 0. The predicted octanol–water partition coefficient (Wildman–Crippen LogP) is 1.75. The molecule has 0 N–H and O–H groups in total. The normalized spacial score (nSPS) is 22.2. The molecule has 1 aliphatic rings.